The van der Waals surface area contributed by atoms with Crippen LogP contribution in [0.4, 0.5) is 4.79 Å². The van der Waals surface area contributed by atoms with Gasteiger partial charge in [0, 0.05) is 16.8 Å². The lowest BCUT2D eigenvalue weighted by Gasteiger charge is -2.08. The number of hydrogen-bond donors (Lipinski definition) is 3. The molecule has 144 valence electrons. The second-order valence-corrected chi connectivity index (χ2v) is 6.69. The Bertz CT molecular complexity index is 1060. The summed E-state index contributed by atoms with van der Waals surface area (Å²) in [5.74, 6) is -1.67. The Balaban J connectivity index is 1.49. The fourth-order valence-electron chi connectivity index (χ4n) is 2.43. The van der Waals surface area contributed by atoms with Gasteiger partial charge in [0.2, 0.25) is 0 Å². The molecule has 9 nitrogen and oxygen atoms in total. The molecule has 1 aromatic carbocycles. The van der Waals surface area contributed by atoms with Crippen molar-refractivity contribution in [2.45, 2.75) is 6.42 Å². The van der Waals surface area contributed by atoms with E-state index < -0.39 is 30.1 Å². The minimum Gasteiger partial charge on any atom is -0.451 e. The normalized spacial score (nSPS) is 10.4. The van der Waals surface area contributed by atoms with Gasteiger partial charge in [-0.2, -0.15) is 5.10 Å². The first-order chi connectivity index (χ1) is 13.5. The number of carbonyl (C=O) groups is 3. The van der Waals surface area contributed by atoms with Crippen LogP contribution in [0.3, 0.4) is 0 Å². The second kappa shape index (κ2) is 8.91. The summed E-state index contributed by atoms with van der Waals surface area (Å²) >= 11 is 1.58. The summed E-state index contributed by atoms with van der Waals surface area (Å²) in [5, 5.41) is 13.0. The van der Waals surface area contributed by atoms with Crippen LogP contribution in [0.1, 0.15) is 15.4 Å². The zero-order valence-electron chi connectivity index (χ0n) is 14.6. The van der Waals surface area contributed by atoms with Gasteiger partial charge in [-0.25, -0.2) is 14.7 Å². The molecule has 0 saturated heterocycles. The average molecular weight is 400 g/mol. The minimum atomic E-state index is -0.888. The Morgan fingerprint density at radius 1 is 1.11 bits per heavy atom. The molecule has 0 saturated carbocycles. The number of amides is 3. The maximum Gasteiger partial charge on any atom is 0.359 e. The van der Waals surface area contributed by atoms with Crippen LogP contribution in [-0.2, 0) is 16.0 Å². The second-order valence-electron chi connectivity index (χ2n) is 5.66. The van der Waals surface area contributed by atoms with Gasteiger partial charge < -0.3 is 10.1 Å². The van der Waals surface area contributed by atoms with Gasteiger partial charge in [0.05, 0.1) is 5.39 Å². The molecule has 0 spiro atoms. The van der Waals surface area contributed by atoms with E-state index in [0.29, 0.717) is 18.4 Å². The monoisotopic (exact) mass is 400 g/mol. The van der Waals surface area contributed by atoms with Crippen molar-refractivity contribution in [1.29, 1.82) is 0 Å². The number of esters is 1. The number of aromatic nitrogens is 2. The maximum atomic E-state index is 12.2. The summed E-state index contributed by atoms with van der Waals surface area (Å²) < 4.78 is 4.89. The quantitative estimate of drug-likeness (QED) is 0.533. The van der Waals surface area contributed by atoms with Crippen molar-refractivity contribution < 1.29 is 19.1 Å². The van der Waals surface area contributed by atoms with E-state index in [1.807, 2.05) is 17.5 Å². The Morgan fingerprint density at radius 2 is 1.89 bits per heavy atom. The third-order valence-corrected chi connectivity index (χ3v) is 4.65. The van der Waals surface area contributed by atoms with Gasteiger partial charge in [0.25, 0.3) is 11.5 Å². The van der Waals surface area contributed by atoms with Gasteiger partial charge >= 0.3 is 12.0 Å². The van der Waals surface area contributed by atoms with Crippen molar-refractivity contribution in [2.75, 3.05) is 13.2 Å². The minimum absolute atomic E-state index is 0.122. The average Bonchev–Trinajstić information content (AvgIpc) is 3.20. The standard InChI is InChI=1S/C18H16N4O5S/c23-14(20-18(26)19-8-7-11-4-3-9-28-11)10-27-17(25)15-12-5-1-2-6-13(12)16(24)22-21-15/h1-6,9H,7-8,10H2,(H,22,24)(H2,19,20,23,26). The highest BCUT2D eigenvalue weighted by Crippen LogP contribution is 2.13. The number of rotatable bonds is 6. The summed E-state index contributed by atoms with van der Waals surface area (Å²) in [6.07, 6.45) is 0.652. The van der Waals surface area contributed by atoms with Gasteiger partial charge in [-0.05, 0) is 23.9 Å². The van der Waals surface area contributed by atoms with Crippen molar-refractivity contribution >= 4 is 40.0 Å². The molecule has 3 N–H and O–H groups in total. The first-order valence-electron chi connectivity index (χ1n) is 8.29. The van der Waals surface area contributed by atoms with Crippen LogP contribution in [-0.4, -0.2) is 41.3 Å². The van der Waals surface area contributed by atoms with Gasteiger partial charge in [-0.3, -0.25) is 14.9 Å². The number of nitrogens with one attached hydrogen (secondary N) is 3. The molecule has 3 rings (SSSR count). The Morgan fingerprint density at radius 3 is 2.64 bits per heavy atom. The summed E-state index contributed by atoms with van der Waals surface area (Å²) in [6.45, 7) is -0.293. The number of ether oxygens (including phenoxy) is 1. The van der Waals surface area contributed by atoms with Crippen molar-refractivity contribution in [3.05, 3.63) is 62.7 Å². The van der Waals surface area contributed by atoms with Crippen LogP contribution in [0, 0.1) is 0 Å². The highest BCUT2D eigenvalue weighted by molar-refractivity contribution is 7.09. The van der Waals surface area contributed by atoms with Crippen LogP contribution >= 0.6 is 11.3 Å². The smallest absolute Gasteiger partial charge is 0.359 e. The lowest BCUT2D eigenvalue weighted by Crippen LogP contribution is -2.42. The number of carbonyl (C=O) groups excluding carboxylic acids is 3. The fraction of sp³-hybridized carbons (Fsp3) is 0.167. The Hall–Kier alpha value is -3.53. The van der Waals surface area contributed by atoms with Gasteiger partial charge in [-0.15, -0.1) is 11.3 Å². The number of thiophene rings is 1. The third-order valence-electron chi connectivity index (χ3n) is 3.71. The van der Waals surface area contributed by atoms with Crippen molar-refractivity contribution in [2.24, 2.45) is 0 Å². The van der Waals surface area contributed by atoms with Crippen molar-refractivity contribution in [1.82, 2.24) is 20.8 Å². The molecule has 3 aromatic rings. The highest BCUT2D eigenvalue weighted by Gasteiger charge is 2.17. The topological polar surface area (TPSA) is 130 Å². The molecular formula is C18H16N4O5S. The number of hydrogen-bond acceptors (Lipinski definition) is 7. The van der Waals surface area contributed by atoms with Crippen LogP contribution in [0.25, 0.3) is 10.8 Å². The predicted molar refractivity (Wildman–Crippen MR) is 102 cm³/mol. The number of urea groups is 1. The molecule has 0 atom stereocenters. The molecule has 0 radical (unpaired) electrons. The molecule has 0 aliphatic heterocycles. The molecule has 2 heterocycles. The molecule has 2 aromatic heterocycles. The van der Waals surface area contributed by atoms with Gasteiger partial charge in [0.15, 0.2) is 12.3 Å². The molecule has 0 unspecified atom stereocenters. The highest BCUT2D eigenvalue weighted by atomic mass is 32.1. The molecule has 0 bridgehead atoms. The summed E-state index contributed by atoms with van der Waals surface area (Å²) in [6, 6.07) is 9.58. The van der Waals surface area contributed by atoms with E-state index in [1.165, 1.54) is 0 Å². The molecule has 0 fully saturated rings. The number of aromatic amines is 1. The van der Waals surface area contributed by atoms with E-state index in [2.05, 4.69) is 20.8 Å². The third kappa shape index (κ3) is 4.80. The van der Waals surface area contributed by atoms with Gasteiger partial charge in [0.1, 0.15) is 0 Å². The van der Waals surface area contributed by atoms with E-state index in [1.54, 1.807) is 35.6 Å². The van der Waals surface area contributed by atoms with Crippen LogP contribution in [0.2, 0.25) is 0 Å². The number of benzene rings is 1. The molecule has 0 aliphatic carbocycles. The first-order valence-corrected chi connectivity index (χ1v) is 9.17. The largest absolute Gasteiger partial charge is 0.451 e. The number of imide groups is 1. The number of fused-ring (bicyclic) bond motifs is 1. The molecule has 10 heteroatoms. The van der Waals surface area contributed by atoms with Gasteiger partial charge in [-0.1, -0.05) is 24.3 Å². The summed E-state index contributed by atoms with van der Waals surface area (Å²) in [4.78, 5) is 48.5. The van der Waals surface area contributed by atoms with Crippen molar-refractivity contribution in [3.8, 4) is 0 Å². The van der Waals surface area contributed by atoms with Crippen LogP contribution in [0.15, 0.2) is 46.6 Å². The Labute approximate surface area is 162 Å². The SMILES string of the molecule is O=C(COC(=O)c1n[nH]c(=O)c2ccccc12)NC(=O)NCCc1cccs1. The van der Waals surface area contributed by atoms with Crippen LogP contribution in [0.5, 0.6) is 0 Å². The van der Waals surface area contributed by atoms with E-state index in [4.69, 9.17) is 4.74 Å². The molecular weight excluding hydrogens is 384 g/mol. The van der Waals surface area contributed by atoms with Crippen molar-refractivity contribution in [3.63, 3.8) is 0 Å². The summed E-state index contributed by atoms with van der Waals surface area (Å²) in [5.41, 5.74) is -0.562. The number of H-pyrrole nitrogens is 1. The van der Waals surface area contributed by atoms with E-state index in [9.17, 15) is 19.2 Å². The lowest BCUT2D eigenvalue weighted by atomic mass is 10.1. The van der Waals surface area contributed by atoms with E-state index in [-0.39, 0.29) is 11.1 Å². The zero-order valence-corrected chi connectivity index (χ0v) is 15.4. The molecule has 3 amide bonds. The van der Waals surface area contributed by atoms with E-state index >= 15 is 0 Å². The van der Waals surface area contributed by atoms with Crippen LogP contribution < -0.4 is 16.2 Å². The zero-order chi connectivity index (χ0) is 19.9. The predicted octanol–water partition coefficient (Wildman–Crippen LogP) is 1.21. The summed E-state index contributed by atoms with van der Waals surface area (Å²) in [7, 11) is 0. The Kier molecular flexibility index (Phi) is 6.12. The first kappa shape index (κ1) is 19.2. The lowest BCUT2D eigenvalue weighted by molar-refractivity contribution is -0.123. The maximum absolute atomic E-state index is 12.2. The van der Waals surface area contributed by atoms with E-state index in [0.717, 1.165) is 4.88 Å². The fourth-order valence-corrected chi connectivity index (χ4v) is 3.14. The molecule has 0 aliphatic rings. The molecule has 28 heavy (non-hydrogen) atoms. The number of nitrogens with zero attached hydrogens (tertiary/aromatic N) is 1.